The molecule has 0 spiro atoms. The molecule has 3 aromatic rings. The molecule has 0 saturated carbocycles. The molecular weight excluding hydrogens is 287 g/mol. The average molecular weight is 306 g/mol. The van der Waals surface area contributed by atoms with E-state index in [0.29, 0.717) is 6.61 Å². The van der Waals surface area contributed by atoms with Gasteiger partial charge in [0.15, 0.2) is 0 Å². The molecule has 2 heteroatoms. The second kappa shape index (κ2) is 7.24. The molecule has 110 valence electrons. The van der Waals surface area contributed by atoms with Crippen LogP contribution in [0.5, 0.6) is 5.75 Å². The van der Waals surface area contributed by atoms with Crippen LogP contribution in [0.15, 0.2) is 84.9 Å². The van der Waals surface area contributed by atoms with Crippen LogP contribution < -0.4 is 20.7 Å². The molecule has 0 N–H and O–H groups in total. The van der Waals surface area contributed by atoms with Crippen LogP contribution in [0.25, 0.3) is 0 Å². The van der Waals surface area contributed by atoms with Crippen LogP contribution in [-0.4, -0.2) is 6.61 Å². The van der Waals surface area contributed by atoms with Gasteiger partial charge in [0, 0.05) is 5.30 Å². The van der Waals surface area contributed by atoms with E-state index in [1.54, 1.807) is 0 Å². The van der Waals surface area contributed by atoms with Crippen molar-refractivity contribution >= 4 is 23.8 Å². The zero-order chi connectivity index (χ0) is 15.2. The second-order valence-corrected chi connectivity index (χ2v) is 7.09. The molecule has 3 aromatic carbocycles. The summed E-state index contributed by atoms with van der Waals surface area (Å²) in [6.45, 7) is 2.72. The van der Waals surface area contributed by atoms with Gasteiger partial charge in [-0.25, -0.2) is 0 Å². The Labute approximate surface area is 133 Å². The first-order valence-electron chi connectivity index (χ1n) is 7.52. The highest BCUT2D eigenvalue weighted by atomic mass is 31.1. The van der Waals surface area contributed by atoms with Gasteiger partial charge in [0.05, 0.1) is 6.61 Å². The van der Waals surface area contributed by atoms with E-state index >= 15 is 0 Å². The summed E-state index contributed by atoms with van der Waals surface area (Å²) in [5, 5.41) is 3.96. The Balaban J connectivity index is 2.15. The van der Waals surface area contributed by atoms with E-state index in [0.717, 1.165) is 5.75 Å². The molecule has 0 amide bonds. The molecule has 0 unspecified atom stereocenters. The quantitative estimate of drug-likeness (QED) is 0.651. The summed E-state index contributed by atoms with van der Waals surface area (Å²) < 4.78 is 5.88. The first-order chi connectivity index (χ1) is 10.9. The smallest absolute Gasteiger partial charge is 0.127 e. The third kappa shape index (κ3) is 3.21. The number of benzene rings is 3. The van der Waals surface area contributed by atoms with Gasteiger partial charge in [-0.15, -0.1) is 0 Å². The van der Waals surface area contributed by atoms with Crippen molar-refractivity contribution in [3.05, 3.63) is 84.9 Å². The van der Waals surface area contributed by atoms with E-state index in [1.807, 2.05) is 13.0 Å². The molecule has 0 saturated heterocycles. The van der Waals surface area contributed by atoms with Crippen molar-refractivity contribution in [2.45, 2.75) is 6.92 Å². The fraction of sp³-hybridized carbons (Fsp3) is 0.100. The molecule has 3 rings (SSSR count). The molecular formula is C20H19OP. The standard InChI is InChI=1S/C20H19OP/c1-2-21-19-15-9-10-16-20(19)22(17-11-5-3-6-12-17)18-13-7-4-8-14-18/h3-16H,2H2,1H3. The number of hydrogen-bond acceptors (Lipinski definition) is 1. The van der Waals surface area contributed by atoms with Crippen LogP contribution in [-0.2, 0) is 0 Å². The summed E-state index contributed by atoms with van der Waals surface area (Å²) in [5.41, 5.74) is 0. The zero-order valence-electron chi connectivity index (χ0n) is 12.6. The first kappa shape index (κ1) is 14.8. The van der Waals surface area contributed by atoms with Gasteiger partial charge in [-0.05, 0) is 31.5 Å². The highest BCUT2D eigenvalue weighted by Crippen LogP contribution is 2.36. The molecule has 0 bridgehead atoms. The highest BCUT2D eigenvalue weighted by molar-refractivity contribution is 7.80. The van der Waals surface area contributed by atoms with Gasteiger partial charge < -0.3 is 4.74 Å². The Hall–Kier alpha value is -2.11. The highest BCUT2D eigenvalue weighted by Gasteiger charge is 2.19. The lowest BCUT2D eigenvalue weighted by Gasteiger charge is -2.21. The zero-order valence-corrected chi connectivity index (χ0v) is 13.5. The summed E-state index contributed by atoms with van der Waals surface area (Å²) in [5.74, 6) is 0.990. The van der Waals surface area contributed by atoms with Crippen molar-refractivity contribution in [3.63, 3.8) is 0 Å². The summed E-state index contributed by atoms with van der Waals surface area (Å²) in [6.07, 6.45) is 0. The fourth-order valence-electron chi connectivity index (χ4n) is 2.50. The Kier molecular flexibility index (Phi) is 4.88. The third-order valence-electron chi connectivity index (χ3n) is 3.43. The summed E-state index contributed by atoms with van der Waals surface area (Å²) in [7, 11) is -0.603. The SMILES string of the molecule is CCOc1ccccc1P(c1ccccc1)c1ccccc1. The van der Waals surface area contributed by atoms with Gasteiger partial charge >= 0.3 is 0 Å². The normalized spacial score (nSPS) is 10.6. The lowest BCUT2D eigenvalue weighted by atomic mass is 10.3. The van der Waals surface area contributed by atoms with Gasteiger partial charge in [0.1, 0.15) is 5.75 Å². The molecule has 0 atom stereocenters. The summed E-state index contributed by atoms with van der Waals surface area (Å²) in [6, 6.07) is 29.8. The predicted octanol–water partition coefficient (Wildman–Crippen LogP) is 3.84. The van der Waals surface area contributed by atoms with Crippen LogP contribution in [0.2, 0.25) is 0 Å². The van der Waals surface area contributed by atoms with Crippen LogP contribution in [0.3, 0.4) is 0 Å². The molecule has 0 aliphatic carbocycles. The predicted molar refractivity (Wildman–Crippen MR) is 96.3 cm³/mol. The fourth-order valence-corrected chi connectivity index (χ4v) is 4.89. The van der Waals surface area contributed by atoms with Gasteiger partial charge in [0.2, 0.25) is 0 Å². The van der Waals surface area contributed by atoms with Crippen molar-refractivity contribution in [2.75, 3.05) is 6.61 Å². The number of rotatable bonds is 5. The molecule has 0 aliphatic heterocycles. The first-order valence-corrected chi connectivity index (χ1v) is 8.86. The lowest BCUT2D eigenvalue weighted by Crippen LogP contribution is -2.22. The minimum Gasteiger partial charge on any atom is -0.493 e. The maximum Gasteiger partial charge on any atom is 0.127 e. The molecule has 1 nitrogen and oxygen atoms in total. The third-order valence-corrected chi connectivity index (χ3v) is 5.92. The Bertz CT molecular complexity index is 671. The summed E-state index contributed by atoms with van der Waals surface area (Å²) >= 11 is 0. The number of hydrogen-bond donors (Lipinski definition) is 0. The Morgan fingerprint density at radius 1 is 0.682 bits per heavy atom. The molecule has 0 aliphatic rings. The van der Waals surface area contributed by atoms with E-state index in [2.05, 4.69) is 78.9 Å². The van der Waals surface area contributed by atoms with Crippen molar-refractivity contribution in [1.82, 2.24) is 0 Å². The Morgan fingerprint density at radius 2 is 1.18 bits per heavy atom. The van der Waals surface area contributed by atoms with Gasteiger partial charge in [-0.3, -0.25) is 0 Å². The van der Waals surface area contributed by atoms with Gasteiger partial charge in [0.25, 0.3) is 0 Å². The van der Waals surface area contributed by atoms with Crippen molar-refractivity contribution in [1.29, 1.82) is 0 Å². The average Bonchev–Trinajstić information content (AvgIpc) is 2.59. The number of para-hydroxylation sites is 1. The molecule has 0 fully saturated rings. The molecule has 22 heavy (non-hydrogen) atoms. The van der Waals surface area contributed by atoms with Crippen LogP contribution >= 0.6 is 7.92 Å². The van der Waals surface area contributed by atoms with E-state index in [4.69, 9.17) is 4.74 Å². The second-order valence-electron chi connectivity index (χ2n) is 4.91. The largest absolute Gasteiger partial charge is 0.493 e. The minimum absolute atomic E-state index is 0.603. The van der Waals surface area contributed by atoms with E-state index in [9.17, 15) is 0 Å². The van der Waals surface area contributed by atoms with Crippen LogP contribution in [0, 0.1) is 0 Å². The van der Waals surface area contributed by atoms with Crippen LogP contribution in [0.1, 0.15) is 6.92 Å². The van der Waals surface area contributed by atoms with Gasteiger partial charge in [-0.2, -0.15) is 0 Å². The van der Waals surface area contributed by atoms with E-state index in [1.165, 1.54) is 15.9 Å². The number of ether oxygens (including phenoxy) is 1. The van der Waals surface area contributed by atoms with Gasteiger partial charge in [-0.1, -0.05) is 78.9 Å². The van der Waals surface area contributed by atoms with Crippen LogP contribution in [0.4, 0.5) is 0 Å². The summed E-state index contributed by atoms with van der Waals surface area (Å²) in [4.78, 5) is 0. The molecule has 0 radical (unpaired) electrons. The lowest BCUT2D eigenvalue weighted by molar-refractivity contribution is 0.343. The molecule has 0 heterocycles. The minimum atomic E-state index is -0.603. The monoisotopic (exact) mass is 306 g/mol. The Morgan fingerprint density at radius 3 is 1.73 bits per heavy atom. The topological polar surface area (TPSA) is 9.23 Å². The molecule has 0 aromatic heterocycles. The van der Waals surface area contributed by atoms with Crippen molar-refractivity contribution in [2.24, 2.45) is 0 Å². The van der Waals surface area contributed by atoms with E-state index in [-0.39, 0.29) is 0 Å². The van der Waals surface area contributed by atoms with Crippen molar-refractivity contribution in [3.8, 4) is 5.75 Å². The van der Waals surface area contributed by atoms with E-state index < -0.39 is 7.92 Å². The van der Waals surface area contributed by atoms with Crippen molar-refractivity contribution < 1.29 is 4.74 Å². The maximum atomic E-state index is 5.88. The maximum absolute atomic E-state index is 5.88.